The summed E-state index contributed by atoms with van der Waals surface area (Å²) in [6.07, 6.45) is 4.12. The molecule has 0 N–H and O–H groups in total. The minimum absolute atomic E-state index is 0.0373. The molecule has 2 unspecified atom stereocenters. The van der Waals surface area contributed by atoms with E-state index in [9.17, 15) is 4.79 Å². The average Bonchev–Trinajstić information content (AvgIpc) is 2.21. The molecule has 0 aromatic rings. The van der Waals surface area contributed by atoms with E-state index in [1.807, 2.05) is 13.8 Å². The van der Waals surface area contributed by atoms with Gasteiger partial charge in [-0.1, -0.05) is 39.3 Å². The molecule has 0 rings (SSSR count). The van der Waals surface area contributed by atoms with Crippen molar-refractivity contribution in [1.29, 1.82) is 0 Å². The summed E-state index contributed by atoms with van der Waals surface area (Å²) in [6.45, 7) is 12.1. The average molecular weight is 226 g/mol. The zero-order chi connectivity index (χ0) is 12.7. The summed E-state index contributed by atoms with van der Waals surface area (Å²) in [5, 5.41) is 0. The van der Waals surface area contributed by atoms with Gasteiger partial charge in [0, 0.05) is 0 Å². The number of esters is 1. The van der Waals surface area contributed by atoms with Crippen molar-refractivity contribution in [1.82, 2.24) is 0 Å². The molecule has 16 heavy (non-hydrogen) atoms. The van der Waals surface area contributed by atoms with Gasteiger partial charge in [-0.3, -0.25) is 4.79 Å². The van der Waals surface area contributed by atoms with Gasteiger partial charge in [-0.05, 0) is 32.6 Å². The third-order valence-corrected chi connectivity index (χ3v) is 2.67. The lowest BCUT2D eigenvalue weighted by Crippen LogP contribution is -2.26. The van der Waals surface area contributed by atoms with E-state index in [0.717, 1.165) is 12.8 Å². The van der Waals surface area contributed by atoms with Crippen molar-refractivity contribution in [2.24, 2.45) is 11.8 Å². The molecule has 0 aliphatic rings. The number of carbonyl (C=O) groups excluding carboxylic acids is 1. The number of carbonyl (C=O) groups is 1. The van der Waals surface area contributed by atoms with Crippen LogP contribution in [0.2, 0.25) is 0 Å². The Labute approximate surface area is 100 Å². The highest BCUT2D eigenvalue weighted by Gasteiger charge is 2.20. The first-order valence-electron chi connectivity index (χ1n) is 6.22. The van der Waals surface area contributed by atoms with Crippen LogP contribution < -0.4 is 0 Å². The number of hydrogen-bond donors (Lipinski definition) is 0. The monoisotopic (exact) mass is 226 g/mol. The lowest BCUT2D eigenvalue weighted by molar-refractivity contribution is -0.155. The van der Waals surface area contributed by atoms with Gasteiger partial charge < -0.3 is 4.74 Å². The van der Waals surface area contributed by atoms with Crippen LogP contribution in [0.1, 0.15) is 54.4 Å². The van der Waals surface area contributed by atoms with Gasteiger partial charge in [-0.15, -0.1) is 0 Å². The first-order chi connectivity index (χ1) is 7.38. The largest absolute Gasteiger partial charge is 0.462 e. The molecule has 0 bridgehead atoms. The molecule has 0 fully saturated rings. The number of ether oxygens (including phenoxy) is 1. The summed E-state index contributed by atoms with van der Waals surface area (Å²) in [4.78, 5) is 11.5. The molecule has 2 nitrogen and oxygen atoms in total. The van der Waals surface area contributed by atoms with E-state index < -0.39 is 0 Å². The van der Waals surface area contributed by atoms with E-state index >= 15 is 0 Å². The van der Waals surface area contributed by atoms with Gasteiger partial charge in [0.15, 0.2) is 0 Å². The third-order valence-electron chi connectivity index (χ3n) is 2.67. The highest BCUT2D eigenvalue weighted by Crippen LogP contribution is 2.18. The Bertz CT molecular complexity index is 237. The van der Waals surface area contributed by atoms with E-state index in [1.54, 1.807) is 0 Å². The Kier molecular flexibility index (Phi) is 7.11. The molecule has 0 saturated heterocycles. The van der Waals surface area contributed by atoms with E-state index in [-0.39, 0.29) is 18.0 Å². The molecule has 0 amide bonds. The fourth-order valence-electron chi connectivity index (χ4n) is 1.46. The molecule has 0 heterocycles. The second kappa shape index (κ2) is 7.48. The van der Waals surface area contributed by atoms with E-state index in [2.05, 4.69) is 33.8 Å². The maximum absolute atomic E-state index is 11.5. The molecular weight excluding hydrogens is 200 g/mol. The Morgan fingerprint density at radius 1 is 1.25 bits per heavy atom. The zero-order valence-corrected chi connectivity index (χ0v) is 11.5. The van der Waals surface area contributed by atoms with Crippen molar-refractivity contribution in [3.8, 4) is 0 Å². The van der Waals surface area contributed by atoms with Crippen LogP contribution in [0.15, 0.2) is 11.6 Å². The summed E-state index contributed by atoms with van der Waals surface area (Å²) in [5.41, 5.74) is 1.32. The van der Waals surface area contributed by atoms with Gasteiger partial charge in [0.25, 0.3) is 0 Å². The Balaban J connectivity index is 4.27. The third kappa shape index (κ3) is 5.94. The predicted molar refractivity (Wildman–Crippen MR) is 68.2 cm³/mol. The van der Waals surface area contributed by atoms with Crippen molar-refractivity contribution in [2.45, 2.75) is 60.5 Å². The Hall–Kier alpha value is -0.790. The van der Waals surface area contributed by atoms with Crippen LogP contribution in [0.4, 0.5) is 0 Å². The summed E-state index contributed by atoms with van der Waals surface area (Å²) in [6, 6.07) is 0. The molecule has 2 atom stereocenters. The molecule has 0 aromatic heterocycles. The molecule has 0 aliphatic carbocycles. The Morgan fingerprint density at radius 2 is 1.81 bits per heavy atom. The SMILES string of the molecule is CCC(OC(=O)C(C)C)C(C)CC=C(C)C. The molecule has 0 saturated carbocycles. The van der Waals surface area contributed by atoms with Crippen LogP contribution in [-0.4, -0.2) is 12.1 Å². The molecular formula is C14H26O2. The molecule has 94 valence electrons. The molecule has 0 radical (unpaired) electrons. The van der Waals surface area contributed by atoms with Crippen LogP contribution in [0.25, 0.3) is 0 Å². The molecule has 0 aromatic carbocycles. The minimum atomic E-state index is -0.0871. The van der Waals surface area contributed by atoms with Crippen molar-refractivity contribution in [2.75, 3.05) is 0 Å². The van der Waals surface area contributed by atoms with Gasteiger partial charge in [-0.25, -0.2) is 0 Å². The van der Waals surface area contributed by atoms with E-state index in [1.165, 1.54) is 5.57 Å². The molecule has 2 heteroatoms. The maximum atomic E-state index is 11.5. The van der Waals surface area contributed by atoms with Crippen LogP contribution in [0.3, 0.4) is 0 Å². The van der Waals surface area contributed by atoms with Crippen molar-refractivity contribution >= 4 is 5.97 Å². The first kappa shape index (κ1) is 15.2. The fraction of sp³-hybridized carbons (Fsp3) is 0.786. The smallest absolute Gasteiger partial charge is 0.308 e. The topological polar surface area (TPSA) is 26.3 Å². The van der Waals surface area contributed by atoms with Gasteiger partial charge >= 0.3 is 5.97 Å². The van der Waals surface area contributed by atoms with Gasteiger partial charge in [0.1, 0.15) is 6.10 Å². The normalized spacial score (nSPS) is 14.4. The number of hydrogen-bond acceptors (Lipinski definition) is 2. The van der Waals surface area contributed by atoms with Crippen LogP contribution in [0, 0.1) is 11.8 Å². The quantitative estimate of drug-likeness (QED) is 0.506. The number of allylic oxidation sites excluding steroid dienone is 2. The van der Waals surface area contributed by atoms with Gasteiger partial charge in [0.05, 0.1) is 5.92 Å². The fourth-order valence-corrected chi connectivity index (χ4v) is 1.46. The first-order valence-corrected chi connectivity index (χ1v) is 6.22. The summed E-state index contributed by atoms with van der Waals surface area (Å²) in [7, 11) is 0. The lowest BCUT2D eigenvalue weighted by Gasteiger charge is -2.23. The van der Waals surface area contributed by atoms with E-state index in [4.69, 9.17) is 4.74 Å². The van der Waals surface area contributed by atoms with Crippen LogP contribution in [-0.2, 0) is 9.53 Å². The van der Waals surface area contributed by atoms with Crippen molar-refractivity contribution < 1.29 is 9.53 Å². The van der Waals surface area contributed by atoms with Crippen molar-refractivity contribution in [3.63, 3.8) is 0 Å². The number of rotatable bonds is 6. The van der Waals surface area contributed by atoms with Crippen LogP contribution in [0.5, 0.6) is 0 Å². The standard InChI is InChI=1S/C14H26O2/c1-7-13(16-14(15)11(4)5)12(6)9-8-10(2)3/h8,11-13H,7,9H2,1-6H3. The summed E-state index contributed by atoms with van der Waals surface area (Å²) < 4.78 is 5.49. The van der Waals surface area contributed by atoms with Crippen LogP contribution >= 0.6 is 0 Å². The van der Waals surface area contributed by atoms with Gasteiger partial charge in [0.2, 0.25) is 0 Å². The van der Waals surface area contributed by atoms with Gasteiger partial charge in [-0.2, -0.15) is 0 Å². The lowest BCUT2D eigenvalue weighted by atomic mass is 9.97. The van der Waals surface area contributed by atoms with E-state index in [0.29, 0.717) is 5.92 Å². The second-order valence-electron chi connectivity index (χ2n) is 5.03. The summed E-state index contributed by atoms with van der Waals surface area (Å²) >= 11 is 0. The Morgan fingerprint density at radius 3 is 2.19 bits per heavy atom. The molecule has 0 spiro atoms. The maximum Gasteiger partial charge on any atom is 0.308 e. The second-order valence-corrected chi connectivity index (χ2v) is 5.03. The predicted octanol–water partition coefficient (Wildman–Crippen LogP) is 3.96. The highest BCUT2D eigenvalue weighted by molar-refractivity contribution is 5.71. The summed E-state index contributed by atoms with van der Waals surface area (Å²) in [5.74, 6) is 0.267. The highest BCUT2D eigenvalue weighted by atomic mass is 16.5. The zero-order valence-electron chi connectivity index (χ0n) is 11.5. The minimum Gasteiger partial charge on any atom is -0.462 e. The van der Waals surface area contributed by atoms with Crippen molar-refractivity contribution in [3.05, 3.63) is 11.6 Å². The molecule has 0 aliphatic heterocycles.